The van der Waals surface area contributed by atoms with Crippen LogP contribution in [0.4, 0.5) is 11.6 Å². The van der Waals surface area contributed by atoms with Gasteiger partial charge in [0.05, 0.1) is 0 Å². The highest BCUT2D eigenvalue weighted by atomic mass is 15.1. The maximum atomic E-state index is 4.49. The fourth-order valence-electron chi connectivity index (χ4n) is 3.30. The molecule has 0 amide bonds. The zero-order valence-corrected chi connectivity index (χ0v) is 13.8. The summed E-state index contributed by atoms with van der Waals surface area (Å²) in [4.78, 5) is 11.4. The minimum Gasteiger partial charge on any atom is -0.325 e. The van der Waals surface area contributed by atoms with Crippen LogP contribution in [-0.2, 0) is 6.54 Å². The van der Waals surface area contributed by atoms with Crippen LogP contribution in [0.3, 0.4) is 0 Å². The Morgan fingerprint density at radius 3 is 2.54 bits per heavy atom. The quantitative estimate of drug-likeness (QED) is 0.776. The first-order valence-electron chi connectivity index (χ1n) is 8.66. The highest BCUT2D eigenvalue weighted by Crippen LogP contribution is 2.20. The molecule has 0 bridgehead atoms. The minimum absolute atomic E-state index is 0.830. The normalized spacial score (nSPS) is 15.5. The van der Waals surface area contributed by atoms with E-state index in [-0.39, 0.29) is 0 Å². The second-order valence-electron chi connectivity index (χ2n) is 6.43. The average molecular weight is 318 g/mol. The van der Waals surface area contributed by atoms with Gasteiger partial charge < -0.3 is 5.32 Å². The van der Waals surface area contributed by atoms with Crippen LogP contribution in [-0.4, -0.2) is 28.0 Å². The zero-order valence-electron chi connectivity index (χ0n) is 13.8. The van der Waals surface area contributed by atoms with E-state index in [2.05, 4.69) is 50.5 Å². The number of likely N-dealkylation sites (tertiary alicyclic amines) is 1. The number of piperidine rings is 1. The van der Waals surface area contributed by atoms with E-state index in [0.717, 1.165) is 23.6 Å². The first-order valence-corrected chi connectivity index (χ1v) is 8.66. The van der Waals surface area contributed by atoms with Gasteiger partial charge in [0, 0.05) is 24.3 Å². The lowest BCUT2D eigenvalue weighted by Crippen LogP contribution is -2.29. The van der Waals surface area contributed by atoms with Gasteiger partial charge in [0.25, 0.3) is 0 Å². The van der Waals surface area contributed by atoms with Gasteiger partial charge in [-0.1, -0.05) is 30.7 Å². The van der Waals surface area contributed by atoms with E-state index in [1.54, 1.807) is 0 Å². The third kappa shape index (κ3) is 3.54. The molecule has 2 aromatic heterocycles. The van der Waals surface area contributed by atoms with E-state index in [0.29, 0.717) is 0 Å². The standard InChI is InChI=1S/C20H22N4/c1-4-10-24(11-5-1)15-16-8-9-21-19(12-16)23-20-13-17-6-2-3-7-18(17)14-22-20/h2-3,6-9,12-14H,1,4-5,10-11,15H2,(H,21,22,23). The summed E-state index contributed by atoms with van der Waals surface area (Å²) >= 11 is 0. The van der Waals surface area contributed by atoms with Crippen LogP contribution in [0.5, 0.6) is 0 Å². The molecule has 24 heavy (non-hydrogen) atoms. The van der Waals surface area contributed by atoms with Gasteiger partial charge in [-0.05, 0) is 55.1 Å². The van der Waals surface area contributed by atoms with Gasteiger partial charge in [-0.25, -0.2) is 9.97 Å². The van der Waals surface area contributed by atoms with Crippen LogP contribution in [0.2, 0.25) is 0 Å². The summed E-state index contributed by atoms with van der Waals surface area (Å²) in [5.41, 5.74) is 1.30. The molecular formula is C20H22N4. The first kappa shape index (κ1) is 15.1. The molecule has 0 saturated carbocycles. The SMILES string of the molecule is c1ccc2cc(Nc3cc(CN4CCCCC4)ccn3)ncc2c1. The van der Waals surface area contributed by atoms with Crippen LogP contribution < -0.4 is 5.32 Å². The third-order valence-corrected chi connectivity index (χ3v) is 4.57. The fraction of sp³-hybridized carbons (Fsp3) is 0.300. The van der Waals surface area contributed by atoms with Crippen molar-refractivity contribution in [3.05, 3.63) is 60.4 Å². The molecular weight excluding hydrogens is 296 g/mol. The van der Waals surface area contributed by atoms with E-state index in [1.807, 2.05) is 24.5 Å². The number of fused-ring (bicyclic) bond motifs is 1. The molecule has 4 heteroatoms. The first-order chi connectivity index (χ1) is 11.9. The molecule has 0 atom stereocenters. The van der Waals surface area contributed by atoms with Gasteiger partial charge in [-0.2, -0.15) is 0 Å². The van der Waals surface area contributed by atoms with E-state index < -0.39 is 0 Å². The van der Waals surface area contributed by atoms with Gasteiger partial charge >= 0.3 is 0 Å². The summed E-state index contributed by atoms with van der Waals surface area (Å²) in [7, 11) is 0. The molecule has 122 valence electrons. The van der Waals surface area contributed by atoms with Gasteiger partial charge in [-0.15, -0.1) is 0 Å². The molecule has 4 rings (SSSR count). The van der Waals surface area contributed by atoms with Crippen LogP contribution in [0, 0.1) is 0 Å². The van der Waals surface area contributed by atoms with E-state index >= 15 is 0 Å². The summed E-state index contributed by atoms with van der Waals surface area (Å²) in [5, 5.41) is 5.66. The lowest BCUT2D eigenvalue weighted by atomic mass is 10.1. The van der Waals surface area contributed by atoms with Crippen molar-refractivity contribution in [1.29, 1.82) is 0 Å². The summed E-state index contributed by atoms with van der Waals surface area (Å²) in [6.45, 7) is 3.41. The van der Waals surface area contributed by atoms with Crippen molar-refractivity contribution in [1.82, 2.24) is 14.9 Å². The molecule has 0 spiro atoms. The predicted octanol–water partition coefficient (Wildman–Crippen LogP) is 4.36. The molecule has 1 N–H and O–H groups in total. The number of nitrogens with one attached hydrogen (secondary N) is 1. The molecule has 3 heterocycles. The second kappa shape index (κ2) is 6.97. The van der Waals surface area contributed by atoms with Crippen molar-refractivity contribution >= 4 is 22.4 Å². The highest BCUT2D eigenvalue weighted by Gasteiger charge is 2.10. The number of pyridine rings is 2. The summed E-state index contributed by atoms with van der Waals surface area (Å²) in [6, 6.07) is 14.5. The Balaban J connectivity index is 1.50. The Labute approximate surface area is 142 Å². The van der Waals surface area contributed by atoms with Crippen molar-refractivity contribution in [3.8, 4) is 0 Å². The van der Waals surface area contributed by atoms with E-state index in [9.17, 15) is 0 Å². The van der Waals surface area contributed by atoms with Gasteiger partial charge in [0.1, 0.15) is 11.6 Å². The van der Waals surface area contributed by atoms with Crippen molar-refractivity contribution in [2.45, 2.75) is 25.8 Å². The van der Waals surface area contributed by atoms with Crippen LogP contribution >= 0.6 is 0 Å². The number of aromatic nitrogens is 2. The molecule has 0 unspecified atom stereocenters. The van der Waals surface area contributed by atoms with Crippen molar-refractivity contribution < 1.29 is 0 Å². The Morgan fingerprint density at radius 1 is 0.875 bits per heavy atom. The van der Waals surface area contributed by atoms with Crippen LogP contribution in [0.25, 0.3) is 10.8 Å². The van der Waals surface area contributed by atoms with Crippen molar-refractivity contribution in [2.24, 2.45) is 0 Å². The highest BCUT2D eigenvalue weighted by molar-refractivity contribution is 5.84. The Kier molecular flexibility index (Phi) is 4.38. The van der Waals surface area contributed by atoms with Crippen molar-refractivity contribution in [3.63, 3.8) is 0 Å². The van der Waals surface area contributed by atoms with E-state index in [4.69, 9.17) is 0 Å². The molecule has 4 nitrogen and oxygen atoms in total. The van der Waals surface area contributed by atoms with Gasteiger partial charge in [0.15, 0.2) is 0 Å². The number of hydrogen-bond acceptors (Lipinski definition) is 4. The third-order valence-electron chi connectivity index (χ3n) is 4.57. The molecule has 1 aromatic carbocycles. The lowest BCUT2D eigenvalue weighted by molar-refractivity contribution is 0.221. The van der Waals surface area contributed by atoms with Gasteiger partial charge in [-0.3, -0.25) is 4.90 Å². The number of hydrogen-bond donors (Lipinski definition) is 1. The summed E-state index contributed by atoms with van der Waals surface area (Å²) < 4.78 is 0. The lowest BCUT2D eigenvalue weighted by Gasteiger charge is -2.26. The number of benzene rings is 1. The Bertz CT molecular complexity index is 824. The topological polar surface area (TPSA) is 41.0 Å². The Hall–Kier alpha value is -2.46. The van der Waals surface area contributed by atoms with Crippen LogP contribution in [0.1, 0.15) is 24.8 Å². The van der Waals surface area contributed by atoms with Gasteiger partial charge in [0.2, 0.25) is 0 Å². The largest absolute Gasteiger partial charge is 0.325 e. The number of anilines is 2. The molecule has 0 radical (unpaired) electrons. The maximum absolute atomic E-state index is 4.49. The number of nitrogens with zero attached hydrogens (tertiary/aromatic N) is 3. The van der Waals surface area contributed by atoms with Crippen molar-refractivity contribution in [2.75, 3.05) is 18.4 Å². The number of rotatable bonds is 4. The molecule has 3 aromatic rings. The van der Waals surface area contributed by atoms with Crippen LogP contribution in [0.15, 0.2) is 54.9 Å². The average Bonchev–Trinajstić information content (AvgIpc) is 2.63. The van der Waals surface area contributed by atoms with E-state index in [1.165, 1.54) is 43.3 Å². The summed E-state index contributed by atoms with van der Waals surface area (Å²) in [5.74, 6) is 1.68. The predicted molar refractivity (Wildman–Crippen MR) is 98.4 cm³/mol. The molecule has 0 aliphatic carbocycles. The summed E-state index contributed by atoms with van der Waals surface area (Å²) in [6.07, 6.45) is 7.78. The maximum Gasteiger partial charge on any atom is 0.132 e. The molecule has 1 aliphatic heterocycles. The zero-order chi connectivity index (χ0) is 16.2. The molecule has 1 saturated heterocycles. The fourth-order valence-corrected chi connectivity index (χ4v) is 3.30. The smallest absolute Gasteiger partial charge is 0.132 e. The monoisotopic (exact) mass is 318 g/mol. The molecule has 1 aliphatic rings. The molecule has 1 fully saturated rings. The Morgan fingerprint density at radius 2 is 1.67 bits per heavy atom. The second-order valence-corrected chi connectivity index (χ2v) is 6.43. The minimum atomic E-state index is 0.830.